The van der Waals surface area contributed by atoms with Crippen LogP contribution >= 0.6 is 0 Å². The predicted molar refractivity (Wildman–Crippen MR) is 81.6 cm³/mol. The van der Waals surface area contributed by atoms with Crippen molar-refractivity contribution in [2.45, 2.75) is 38.6 Å². The van der Waals surface area contributed by atoms with Crippen LogP contribution in [0.25, 0.3) is 0 Å². The van der Waals surface area contributed by atoms with Crippen LogP contribution in [0.4, 0.5) is 0 Å². The standard InChI is InChI=1S/C16H23N3O2/c1-13(19-11-7-2-3-8-12-19)15(20)17-18-16(21)14-9-5-4-6-10-14/h4-6,9-10,13H,2-3,7-8,11-12H2,1H3,(H,17,20)(H,18,21). The summed E-state index contributed by atoms with van der Waals surface area (Å²) in [7, 11) is 0. The molecule has 114 valence electrons. The van der Waals surface area contributed by atoms with Crippen LogP contribution in [0.3, 0.4) is 0 Å². The van der Waals surface area contributed by atoms with Crippen LogP contribution < -0.4 is 10.9 Å². The molecule has 21 heavy (non-hydrogen) atoms. The van der Waals surface area contributed by atoms with Gasteiger partial charge < -0.3 is 0 Å². The molecule has 1 saturated heterocycles. The number of carbonyl (C=O) groups is 2. The van der Waals surface area contributed by atoms with Crippen LogP contribution in [0, 0.1) is 0 Å². The number of likely N-dealkylation sites (tertiary alicyclic amines) is 1. The van der Waals surface area contributed by atoms with Gasteiger partial charge in [0.05, 0.1) is 6.04 Å². The number of rotatable bonds is 3. The van der Waals surface area contributed by atoms with Crippen LogP contribution in [0.15, 0.2) is 30.3 Å². The van der Waals surface area contributed by atoms with Gasteiger partial charge in [-0.1, -0.05) is 31.0 Å². The van der Waals surface area contributed by atoms with E-state index in [1.54, 1.807) is 24.3 Å². The summed E-state index contributed by atoms with van der Waals surface area (Å²) in [5.41, 5.74) is 5.52. The van der Waals surface area contributed by atoms with Crippen molar-refractivity contribution in [3.8, 4) is 0 Å². The Hall–Kier alpha value is -1.88. The summed E-state index contributed by atoms with van der Waals surface area (Å²) in [6, 6.07) is 8.61. The molecule has 0 spiro atoms. The lowest BCUT2D eigenvalue weighted by Gasteiger charge is -2.26. The molecule has 1 fully saturated rings. The highest BCUT2D eigenvalue weighted by atomic mass is 16.2. The van der Waals surface area contributed by atoms with E-state index >= 15 is 0 Å². The molecule has 0 saturated carbocycles. The topological polar surface area (TPSA) is 61.4 Å². The van der Waals surface area contributed by atoms with E-state index in [-0.39, 0.29) is 17.9 Å². The Morgan fingerprint density at radius 2 is 1.62 bits per heavy atom. The normalized spacial score (nSPS) is 17.6. The fourth-order valence-electron chi connectivity index (χ4n) is 2.53. The summed E-state index contributed by atoms with van der Waals surface area (Å²) in [4.78, 5) is 26.2. The second-order valence-corrected chi connectivity index (χ2v) is 5.44. The van der Waals surface area contributed by atoms with Gasteiger partial charge in [0, 0.05) is 5.56 Å². The molecule has 5 heteroatoms. The smallest absolute Gasteiger partial charge is 0.269 e. The Morgan fingerprint density at radius 1 is 1.00 bits per heavy atom. The van der Waals surface area contributed by atoms with Gasteiger partial charge in [-0.15, -0.1) is 0 Å². The highest BCUT2D eigenvalue weighted by molar-refractivity contribution is 5.95. The maximum Gasteiger partial charge on any atom is 0.269 e. The molecule has 1 aliphatic rings. The minimum Gasteiger partial charge on any atom is -0.292 e. The molecule has 0 aliphatic carbocycles. The quantitative estimate of drug-likeness (QED) is 0.833. The molecule has 0 aromatic heterocycles. The van der Waals surface area contributed by atoms with Gasteiger partial charge in [-0.3, -0.25) is 25.3 Å². The minimum atomic E-state index is -0.299. The number of nitrogens with one attached hydrogen (secondary N) is 2. The van der Waals surface area contributed by atoms with Crippen LogP contribution in [-0.2, 0) is 4.79 Å². The largest absolute Gasteiger partial charge is 0.292 e. The van der Waals surface area contributed by atoms with Crippen molar-refractivity contribution < 1.29 is 9.59 Å². The first-order valence-electron chi connectivity index (χ1n) is 7.58. The van der Waals surface area contributed by atoms with E-state index in [0.717, 1.165) is 25.9 Å². The van der Waals surface area contributed by atoms with Crippen LogP contribution in [-0.4, -0.2) is 35.8 Å². The third-order valence-electron chi connectivity index (χ3n) is 3.90. The summed E-state index contributed by atoms with van der Waals surface area (Å²) in [5.74, 6) is -0.465. The summed E-state index contributed by atoms with van der Waals surface area (Å²) in [6.45, 7) is 3.78. The summed E-state index contributed by atoms with van der Waals surface area (Å²) in [5, 5.41) is 0. The van der Waals surface area contributed by atoms with Gasteiger partial charge >= 0.3 is 0 Å². The molecule has 1 aromatic rings. The molecule has 0 radical (unpaired) electrons. The number of benzene rings is 1. The maximum atomic E-state index is 12.1. The Labute approximate surface area is 125 Å². The summed E-state index contributed by atoms with van der Waals surface area (Å²) in [6.07, 6.45) is 4.73. The van der Waals surface area contributed by atoms with Crippen molar-refractivity contribution in [3.63, 3.8) is 0 Å². The van der Waals surface area contributed by atoms with Gasteiger partial charge in [-0.2, -0.15) is 0 Å². The zero-order chi connectivity index (χ0) is 15.1. The molecule has 1 atom stereocenters. The second-order valence-electron chi connectivity index (χ2n) is 5.44. The first kappa shape index (κ1) is 15.5. The molecular weight excluding hydrogens is 266 g/mol. The van der Waals surface area contributed by atoms with Gasteiger partial charge in [0.25, 0.3) is 11.8 Å². The van der Waals surface area contributed by atoms with E-state index in [0.29, 0.717) is 5.56 Å². The Balaban J connectivity index is 1.82. The minimum absolute atomic E-state index is 0.166. The van der Waals surface area contributed by atoms with Gasteiger partial charge in [-0.25, -0.2) is 0 Å². The van der Waals surface area contributed by atoms with Gasteiger partial charge in [0.1, 0.15) is 0 Å². The van der Waals surface area contributed by atoms with Gasteiger partial charge in [0.15, 0.2) is 0 Å². The van der Waals surface area contributed by atoms with Gasteiger partial charge in [-0.05, 0) is 45.0 Å². The van der Waals surface area contributed by atoms with E-state index in [9.17, 15) is 9.59 Å². The monoisotopic (exact) mass is 289 g/mol. The fourth-order valence-corrected chi connectivity index (χ4v) is 2.53. The summed E-state index contributed by atoms with van der Waals surface area (Å²) < 4.78 is 0. The van der Waals surface area contributed by atoms with Crippen molar-refractivity contribution in [1.29, 1.82) is 0 Å². The summed E-state index contributed by atoms with van der Waals surface area (Å²) >= 11 is 0. The highest BCUT2D eigenvalue weighted by Gasteiger charge is 2.22. The van der Waals surface area contributed by atoms with Crippen molar-refractivity contribution >= 4 is 11.8 Å². The molecule has 2 rings (SSSR count). The first-order chi connectivity index (χ1) is 10.2. The van der Waals surface area contributed by atoms with Gasteiger partial charge in [0.2, 0.25) is 0 Å². The average Bonchev–Trinajstić information content (AvgIpc) is 2.81. The maximum absolute atomic E-state index is 12.1. The van der Waals surface area contributed by atoms with E-state index in [4.69, 9.17) is 0 Å². The molecule has 1 aliphatic heterocycles. The van der Waals surface area contributed by atoms with Crippen molar-refractivity contribution in [2.75, 3.05) is 13.1 Å². The molecule has 1 aromatic carbocycles. The van der Waals surface area contributed by atoms with Crippen LogP contribution in [0.2, 0.25) is 0 Å². The SMILES string of the molecule is CC(C(=O)NNC(=O)c1ccccc1)N1CCCCCC1. The van der Waals surface area contributed by atoms with Crippen molar-refractivity contribution in [2.24, 2.45) is 0 Å². The number of hydrogen-bond acceptors (Lipinski definition) is 3. The van der Waals surface area contributed by atoms with E-state index < -0.39 is 0 Å². The molecule has 5 nitrogen and oxygen atoms in total. The lowest BCUT2D eigenvalue weighted by Crippen LogP contribution is -2.51. The molecule has 1 heterocycles. The first-order valence-corrected chi connectivity index (χ1v) is 7.58. The molecule has 0 bridgehead atoms. The molecule has 2 amide bonds. The zero-order valence-electron chi connectivity index (χ0n) is 12.5. The second kappa shape index (κ2) is 7.78. The van der Waals surface area contributed by atoms with Crippen LogP contribution in [0.1, 0.15) is 43.0 Å². The number of carbonyl (C=O) groups excluding carboxylic acids is 2. The van der Waals surface area contributed by atoms with Crippen molar-refractivity contribution in [1.82, 2.24) is 15.8 Å². The van der Waals surface area contributed by atoms with Crippen LogP contribution in [0.5, 0.6) is 0 Å². The third-order valence-corrected chi connectivity index (χ3v) is 3.90. The molecule has 1 unspecified atom stereocenters. The van der Waals surface area contributed by atoms with E-state index in [2.05, 4.69) is 15.8 Å². The Kier molecular flexibility index (Phi) is 5.75. The Bertz CT molecular complexity index is 468. The molecule has 2 N–H and O–H groups in total. The van der Waals surface area contributed by atoms with E-state index in [1.807, 2.05) is 13.0 Å². The number of hydrogen-bond donors (Lipinski definition) is 2. The average molecular weight is 289 g/mol. The van der Waals surface area contributed by atoms with E-state index in [1.165, 1.54) is 12.8 Å². The highest BCUT2D eigenvalue weighted by Crippen LogP contribution is 2.12. The number of hydrazine groups is 1. The Morgan fingerprint density at radius 3 is 2.24 bits per heavy atom. The molecular formula is C16H23N3O2. The predicted octanol–water partition coefficient (Wildman–Crippen LogP) is 1.71. The lowest BCUT2D eigenvalue weighted by atomic mass is 10.2. The fraction of sp³-hybridized carbons (Fsp3) is 0.500. The zero-order valence-corrected chi connectivity index (χ0v) is 12.5. The third kappa shape index (κ3) is 4.56. The number of amides is 2. The number of nitrogens with zero attached hydrogens (tertiary/aromatic N) is 1. The lowest BCUT2D eigenvalue weighted by molar-refractivity contribution is -0.126. The van der Waals surface area contributed by atoms with Crippen molar-refractivity contribution in [3.05, 3.63) is 35.9 Å².